The molecule has 1 amide bonds. The Bertz CT molecular complexity index is 783. The van der Waals surface area contributed by atoms with Crippen LogP contribution >= 0.6 is 11.3 Å². The highest BCUT2D eigenvalue weighted by Crippen LogP contribution is 2.40. The van der Waals surface area contributed by atoms with Gasteiger partial charge in [-0.1, -0.05) is 63.8 Å². The number of benzene rings is 1. The third-order valence-corrected chi connectivity index (χ3v) is 5.92. The topological polar surface area (TPSA) is 84.6 Å². The van der Waals surface area contributed by atoms with Crippen molar-refractivity contribution < 1.29 is 14.6 Å². The number of hydrogen-bond donors (Lipinski definition) is 3. The molecular formula is C22H30N2O3S. The standard InChI is InChI=1S/C22H30N2O3S/c1-5-18-11-17(15-28-18)13-24-14-19(25)22(21(2,3)4,27-20(23)26)12-16-9-7-6-8-10-16/h5-11,15,19,24-25H,1,12-14H2,2-4H3,(H2,23,26)/t19-,22-/m1/s1. The minimum atomic E-state index is -1.17. The first kappa shape index (κ1) is 22.1. The van der Waals surface area contributed by atoms with Crippen molar-refractivity contribution in [2.24, 2.45) is 11.1 Å². The van der Waals surface area contributed by atoms with E-state index in [0.717, 1.165) is 16.0 Å². The number of nitrogens with two attached hydrogens (primary N) is 1. The molecule has 0 fully saturated rings. The molecule has 1 aromatic carbocycles. The van der Waals surface area contributed by atoms with Crippen LogP contribution in [0.1, 0.15) is 36.8 Å². The van der Waals surface area contributed by atoms with Gasteiger partial charge in [0.25, 0.3) is 0 Å². The number of primary amides is 1. The Kier molecular flexibility index (Phi) is 7.41. The minimum absolute atomic E-state index is 0.261. The van der Waals surface area contributed by atoms with E-state index in [1.807, 2.05) is 57.2 Å². The molecule has 2 aromatic rings. The highest BCUT2D eigenvalue weighted by atomic mass is 32.1. The largest absolute Gasteiger partial charge is 0.439 e. The van der Waals surface area contributed by atoms with E-state index in [1.54, 1.807) is 11.3 Å². The van der Waals surface area contributed by atoms with Gasteiger partial charge < -0.3 is 20.9 Å². The molecule has 0 unspecified atom stereocenters. The highest BCUT2D eigenvalue weighted by molar-refractivity contribution is 7.11. The Balaban J connectivity index is 2.20. The molecular weight excluding hydrogens is 372 g/mol. The number of carbonyl (C=O) groups is 1. The van der Waals surface area contributed by atoms with Crippen LogP contribution in [-0.4, -0.2) is 29.4 Å². The zero-order chi connectivity index (χ0) is 20.8. The lowest BCUT2D eigenvalue weighted by atomic mass is 9.69. The average Bonchev–Trinajstić information content (AvgIpc) is 3.08. The predicted octanol–water partition coefficient (Wildman–Crippen LogP) is 3.96. The van der Waals surface area contributed by atoms with Crippen LogP contribution in [0.25, 0.3) is 6.08 Å². The number of rotatable bonds is 9. The summed E-state index contributed by atoms with van der Waals surface area (Å²) in [6.07, 6.45) is 0.340. The van der Waals surface area contributed by atoms with Gasteiger partial charge in [-0.2, -0.15) is 0 Å². The zero-order valence-electron chi connectivity index (χ0n) is 16.8. The quantitative estimate of drug-likeness (QED) is 0.593. The summed E-state index contributed by atoms with van der Waals surface area (Å²) in [5.41, 5.74) is 5.77. The molecule has 5 nitrogen and oxygen atoms in total. The van der Waals surface area contributed by atoms with Crippen LogP contribution < -0.4 is 11.1 Å². The van der Waals surface area contributed by atoms with Gasteiger partial charge in [0.2, 0.25) is 0 Å². The van der Waals surface area contributed by atoms with Crippen molar-refractivity contribution in [1.29, 1.82) is 0 Å². The third kappa shape index (κ3) is 5.44. The molecule has 0 spiro atoms. The second-order valence-electron chi connectivity index (χ2n) is 7.93. The van der Waals surface area contributed by atoms with Gasteiger partial charge in [-0.15, -0.1) is 11.3 Å². The molecule has 0 aliphatic rings. The van der Waals surface area contributed by atoms with Crippen molar-refractivity contribution in [2.75, 3.05) is 6.54 Å². The molecule has 2 atom stereocenters. The fraction of sp³-hybridized carbons (Fsp3) is 0.409. The van der Waals surface area contributed by atoms with Crippen LogP contribution in [-0.2, 0) is 17.7 Å². The Morgan fingerprint density at radius 3 is 2.54 bits per heavy atom. The van der Waals surface area contributed by atoms with Crippen molar-refractivity contribution in [3.8, 4) is 0 Å². The lowest BCUT2D eigenvalue weighted by molar-refractivity contribution is -0.140. The monoisotopic (exact) mass is 402 g/mol. The zero-order valence-corrected chi connectivity index (χ0v) is 17.6. The number of aliphatic hydroxyl groups excluding tert-OH is 1. The highest BCUT2D eigenvalue weighted by Gasteiger charge is 2.51. The summed E-state index contributed by atoms with van der Waals surface area (Å²) in [6, 6.07) is 11.7. The van der Waals surface area contributed by atoms with Crippen LogP contribution in [0.5, 0.6) is 0 Å². The van der Waals surface area contributed by atoms with Crippen molar-refractivity contribution in [3.63, 3.8) is 0 Å². The fourth-order valence-corrected chi connectivity index (χ4v) is 4.09. The first-order valence-corrected chi connectivity index (χ1v) is 10.2. The van der Waals surface area contributed by atoms with E-state index in [4.69, 9.17) is 10.5 Å². The van der Waals surface area contributed by atoms with Crippen LogP contribution in [0.4, 0.5) is 4.79 Å². The molecule has 1 heterocycles. The summed E-state index contributed by atoms with van der Waals surface area (Å²) in [6.45, 7) is 10.5. The number of hydrogen-bond acceptors (Lipinski definition) is 5. The Hall–Kier alpha value is -2.15. The maximum atomic E-state index is 11.7. The number of aliphatic hydroxyl groups is 1. The van der Waals surface area contributed by atoms with Gasteiger partial charge in [-0.25, -0.2) is 4.79 Å². The molecule has 0 aliphatic heterocycles. The van der Waals surface area contributed by atoms with E-state index in [9.17, 15) is 9.90 Å². The normalized spacial score (nSPS) is 14.9. The average molecular weight is 403 g/mol. The molecule has 0 bridgehead atoms. The van der Waals surface area contributed by atoms with E-state index in [1.165, 1.54) is 0 Å². The van der Waals surface area contributed by atoms with Gasteiger partial charge in [-0.3, -0.25) is 0 Å². The van der Waals surface area contributed by atoms with Gasteiger partial charge in [0.05, 0.1) is 0 Å². The predicted molar refractivity (Wildman–Crippen MR) is 115 cm³/mol. The number of ether oxygens (including phenoxy) is 1. The minimum Gasteiger partial charge on any atom is -0.439 e. The van der Waals surface area contributed by atoms with Gasteiger partial charge >= 0.3 is 6.09 Å². The molecule has 4 N–H and O–H groups in total. The molecule has 6 heteroatoms. The lowest BCUT2D eigenvalue weighted by Crippen LogP contribution is -2.60. The molecule has 2 rings (SSSR count). The first-order chi connectivity index (χ1) is 13.2. The summed E-state index contributed by atoms with van der Waals surface area (Å²) in [5, 5.41) is 16.4. The van der Waals surface area contributed by atoms with E-state index in [2.05, 4.69) is 23.3 Å². The molecule has 0 radical (unpaired) electrons. The summed E-state index contributed by atoms with van der Waals surface area (Å²) in [7, 11) is 0. The fourth-order valence-electron chi connectivity index (χ4n) is 3.33. The van der Waals surface area contributed by atoms with E-state index in [-0.39, 0.29) is 6.54 Å². The van der Waals surface area contributed by atoms with E-state index in [0.29, 0.717) is 13.0 Å². The summed E-state index contributed by atoms with van der Waals surface area (Å²) >= 11 is 1.62. The number of amides is 1. The lowest BCUT2D eigenvalue weighted by Gasteiger charge is -2.46. The van der Waals surface area contributed by atoms with Gasteiger partial charge in [0.15, 0.2) is 0 Å². The van der Waals surface area contributed by atoms with Crippen molar-refractivity contribution in [2.45, 2.75) is 45.4 Å². The SMILES string of the molecule is C=Cc1cc(CNC[C@@H](O)[C@@](Cc2ccccc2)(OC(N)=O)C(C)(C)C)cs1. The van der Waals surface area contributed by atoms with Crippen molar-refractivity contribution >= 4 is 23.5 Å². The van der Waals surface area contributed by atoms with Crippen LogP contribution in [0.3, 0.4) is 0 Å². The molecule has 0 aliphatic carbocycles. The third-order valence-electron chi connectivity index (χ3n) is 4.94. The number of nitrogens with one attached hydrogen (secondary N) is 1. The maximum absolute atomic E-state index is 11.7. The summed E-state index contributed by atoms with van der Waals surface area (Å²) in [5.74, 6) is 0. The van der Waals surface area contributed by atoms with Crippen LogP contribution in [0.2, 0.25) is 0 Å². The second-order valence-corrected chi connectivity index (χ2v) is 8.87. The Morgan fingerprint density at radius 2 is 2.00 bits per heavy atom. The molecule has 0 saturated heterocycles. The number of carbonyl (C=O) groups excluding carboxylic acids is 1. The van der Waals surface area contributed by atoms with Crippen LogP contribution in [0.15, 0.2) is 48.4 Å². The van der Waals surface area contributed by atoms with Gasteiger partial charge in [-0.05, 0) is 22.6 Å². The van der Waals surface area contributed by atoms with E-state index >= 15 is 0 Å². The van der Waals surface area contributed by atoms with Crippen molar-refractivity contribution in [3.05, 3.63) is 64.4 Å². The van der Waals surface area contributed by atoms with E-state index < -0.39 is 23.2 Å². The maximum Gasteiger partial charge on any atom is 0.405 e. The van der Waals surface area contributed by atoms with Crippen molar-refractivity contribution in [1.82, 2.24) is 5.32 Å². The molecule has 1 aromatic heterocycles. The Labute approximate surface area is 171 Å². The second kappa shape index (κ2) is 9.37. The van der Waals surface area contributed by atoms with Gasteiger partial charge in [0.1, 0.15) is 11.7 Å². The van der Waals surface area contributed by atoms with Gasteiger partial charge in [0, 0.05) is 29.8 Å². The first-order valence-electron chi connectivity index (χ1n) is 9.29. The molecule has 152 valence electrons. The number of thiophene rings is 1. The Morgan fingerprint density at radius 1 is 1.32 bits per heavy atom. The summed E-state index contributed by atoms with van der Waals surface area (Å²) in [4.78, 5) is 12.8. The summed E-state index contributed by atoms with van der Waals surface area (Å²) < 4.78 is 5.63. The van der Waals surface area contributed by atoms with Crippen LogP contribution in [0, 0.1) is 5.41 Å². The molecule has 28 heavy (non-hydrogen) atoms. The smallest absolute Gasteiger partial charge is 0.405 e. The molecule has 0 saturated carbocycles.